The summed E-state index contributed by atoms with van der Waals surface area (Å²) < 4.78 is 0. The SMILES string of the molecule is Sc1nc(Nc2ccc(C3CC3)c3ccccc23)c2ccccc2n1. The molecular weight excluding hydrogens is 326 g/mol. The van der Waals surface area contributed by atoms with Crippen LogP contribution in [0.5, 0.6) is 0 Å². The summed E-state index contributed by atoms with van der Waals surface area (Å²) >= 11 is 4.36. The standard InChI is InChI=1S/C21H17N3S/c25-21-23-18-8-4-3-7-17(18)20(24-21)22-19-12-11-14(13-9-10-13)15-5-1-2-6-16(15)19/h1-8,11-13H,9-10H2,(H2,22,23,24,25). The van der Waals surface area contributed by atoms with Gasteiger partial charge < -0.3 is 5.32 Å². The molecule has 1 N–H and O–H groups in total. The monoisotopic (exact) mass is 343 g/mol. The van der Waals surface area contributed by atoms with Gasteiger partial charge in [-0.15, -0.1) is 12.6 Å². The second-order valence-electron chi connectivity index (χ2n) is 6.54. The van der Waals surface area contributed by atoms with Crippen LogP contribution in [0.4, 0.5) is 11.5 Å². The van der Waals surface area contributed by atoms with E-state index < -0.39 is 0 Å². The highest BCUT2D eigenvalue weighted by Gasteiger charge is 2.25. The Morgan fingerprint density at radius 2 is 1.52 bits per heavy atom. The summed E-state index contributed by atoms with van der Waals surface area (Å²) in [7, 11) is 0. The minimum absolute atomic E-state index is 0.472. The van der Waals surface area contributed by atoms with E-state index in [-0.39, 0.29) is 0 Å². The molecule has 1 heterocycles. The molecule has 0 unspecified atom stereocenters. The molecule has 3 aromatic carbocycles. The van der Waals surface area contributed by atoms with Crippen molar-refractivity contribution >= 4 is 45.8 Å². The summed E-state index contributed by atoms with van der Waals surface area (Å²) in [6.07, 6.45) is 2.60. The number of fused-ring (bicyclic) bond motifs is 2. The van der Waals surface area contributed by atoms with Crippen molar-refractivity contribution in [2.45, 2.75) is 23.9 Å². The van der Waals surface area contributed by atoms with Gasteiger partial charge in [0.05, 0.1) is 5.52 Å². The highest BCUT2D eigenvalue weighted by molar-refractivity contribution is 7.80. The average Bonchev–Trinajstić information content (AvgIpc) is 3.47. The van der Waals surface area contributed by atoms with Gasteiger partial charge in [0.25, 0.3) is 0 Å². The summed E-state index contributed by atoms with van der Waals surface area (Å²) in [5.41, 5.74) is 3.42. The molecule has 1 aliphatic rings. The van der Waals surface area contributed by atoms with E-state index in [1.165, 1.54) is 29.2 Å². The van der Waals surface area contributed by atoms with E-state index in [0.29, 0.717) is 5.16 Å². The smallest absolute Gasteiger partial charge is 0.186 e. The predicted molar refractivity (Wildman–Crippen MR) is 106 cm³/mol. The first-order valence-electron chi connectivity index (χ1n) is 8.54. The molecule has 122 valence electrons. The summed E-state index contributed by atoms with van der Waals surface area (Å²) in [4.78, 5) is 8.91. The molecule has 1 aromatic heterocycles. The molecule has 25 heavy (non-hydrogen) atoms. The molecule has 0 spiro atoms. The van der Waals surface area contributed by atoms with Crippen LogP contribution in [0.3, 0.4) is 0 Å². The maximum atomic E-state index is 4.52. The fourth-order valence-corrected chi connectivity index (χ4v) is 3.68. The largest absolute Gasteiger partial charge is 0.339 e. The third kappa shape index (κ3) is 2.63. The zero-order valence-electron chi connectivity index (χ0n) is 13.6. The first-order valence-corrected chi connectivity index (χ1v) is 8.99. The Morgan fingerprint density at radius 3 is 2.32 bits per heavy atom. The van der Waals surface area contributed by atoms with Crippen molar-refractivity contribution in [1.82, 2.24) is 9.97 Å². The summed E-state index contributed by atoms with van der Waals surface area (Å²) in [6.45, 7) is 0. The lowest BCUT2D eigenvalue weighted by atomic mass is 9.99. The van der Waals surface area contributed by atoms with E-state index in [1.54, 1.807) is 0 Å². The number of hydrogen-bond acceptors (Lipinski definition) is 4. The zero-order valence-corrected chi connectivity index (χ0v) is 14.5. The topological polar surface area (TPSA) is 37.8 Å². The fourth-order valence-electron chi connectivity index (χ4n) is 3.47. The number of nitrogens with one attached hydrogen (secondary N) is 1. The van der Waals surface area contributed by atoms with Gasteiger partial charge in [-0.3, -0.25) is 0 Å². The van der Waals surface area contributed by atoms with Crippen LogP contribution in [0.2, 0.25) is 0 Å². The van der Waals surface area contributed by atoms with Crippen molar-refractivity contribution in [3.8, 4) is 0 Å². The molecule has 0 saturated heterocycles. The van der Waals surface area contributed by atoms with Crippen molar-refractivity contribution in [3.63, 3.8) is 0 Å². The summed E-state index contributed by atoms with van der Waals surface area (Å²) in [6, 6.07) is 21.0. The van der Waals surface area contributed by atoms with E-state index in [1.807, 2.05) is 24.3 Å². The second kappa shape index (κ2) is 5.74. The molecule has 0 bridgehead atoms. The third-order valence-electron chi connectivity index (χ3n) is 4.82. The second-order valence-corrected chi connectivity index (χ2v) is 6.94. The van der Waals surface area contributed by atoms with Gasteiger partial charge in [0, 0.05) is 16.5 Å². The lowest BCUT2D eigenvalue weighted by Crippen LogP contribution is -1.99. The van der Waals surface area contributed by atoms with Gasteiger partial charge in [0.15, 0.2) is 5.16 Å². The normalized spacial score (nSPS) is 14.1. The predicted octanol–water partition coefficient (Wildman–Crippen LogP) is 5.69. The molecule has 1 fully saturated rings. The quantitative estimate of drug-likeness (QED) is 0.370. The number of aromatic nitrogens is 2. The van der Waals surface area contributed by atoms with Crippen molar-refractivity contribution in [3.05, 3.63) is 66.2 Å². The Morgan fingerprint density at radius 1 is 0.800 bits per heavy atom. The van der Waals surface area contributed by atoms with Crippen molar-refractivity contribution < 1.29 is 0 Å². The Hall–Kier alpha value is -2.59. The van der Waals surface area contributed by atoms with E-state index in [4.69, 9.17) is 0 Å². The maximum absolute atomic E-state index is 4.52. The zero-order chi connectivity index (χ0) is 16.8. The number of nitrogens with zero attached hydrogens (tertiary/aromatic N) is 2. The Kier molecular flexibility index (Phi) is 3.38. The third-order valence-corrected chi connectivity index (χ3v) is 5.02. The Balaban J connectivity index is 1.67. The number of rotatable bonds is 3. The van der Waals surface area contributed by atoms with Crippen LogP contribution < -0.4 is 5.32 Å². The number of benzene rings is 3. The van der Waals surface area contributed by atoms with Gasteiger partial charge in [-0.2, -0.15) is 0 Å². The summed E-state index contributed by atoms with van der Waals surface area (Å²) in [5.74, 6) is 1.52. The lowest BCUT2D eigenvalue weighted by molar-refractivity contribution is 1.02. The maximum Gasteiger partial charge on any atom is 0.186 e. The Bertz CT molecular complexity index is 1100. The molecule has 4 aromatic rings. The average molecular weight is 343 g/mol. The van der Waals surface area contributed by atoms with Crippen LogP contribution >= 0.6 is 12.6 Å². The van der Waals surface area contributed by atoms with E-state index >= 15 is 0 Å². The van der Waals surface area contributed by atoms with Crippen molar-refractivity contribution in [1.29, 1.82) is 0 Å². The molecular formula is C21H17N3S. The number of para-hydroxylation sites is 1. The van der Waals surface area contributed by atoms with Crippen LogP contribution in [-0.4, -0.2) is 9.97 Å². The van der Waals surface area contributed by atoms with Crippen LogP contribution in [0.15, 0.2) is 65.8 Å². The first-order chi connectivity index (χ1) is 12.3. The fraction of sp³-hybridized carbons (Fsp3) is 0.143. The van der Waals surface area contributed by atoms with Gasteiger partial charge in [0.2, 0.25) is 0 Å². The number of hydrogen-bond donors (Lipinski definition) is 2. The van der Waals surface area contributed by atoms with Crippen LogP contribution in [0, 0.1) is 0 Å². The van der Waals surface area contributed by atoms with Crippen molar-refractivity contribution in [2.24, 2.45) is 0 Å². The van der Waals surface area contributed by atoms with Gasteiger partial charge in [-0.05, 0) is 47.9 Å². The molecule has 3 nitrogen and oxygen atoms in total. The minimum Gasteiger partial charge on any atom is -0.339 e. The highest BCUT2D eigenvalue weighted by Crippen LogP contribution is 2.44. The van der Waals surface area contributed by atoms with E-state index in [0.717, 1.165) is 28.3 Å². The summed E-state index contributed by atoms with van der Waals surface area (Å²) in [5, 5.41) is 7.55. The van der Waals surface area contributed by atoms with Crippen LogP contribution in [0.25, 0.3) is 21.7 Å². The molecule has 0 atom stereocenters. The molecule has 1 saturated carbocycles. The van der Waals surface area contributed by atoms with Gasteiger partial charge in [-0.1, -0.05) is 42.5 Å². The minimum atomic E-state index is 0.472. The van der Waals surface area contributed by atoms with E-state index in [9.17, 15) is 0 Å². The van der Waals surface area contributed by atoms with Crippen LogP contribution in [-0.2, 0) is 0 Å². The Labute approximate surface area is 151 Å². The molecule has 1 aliphatic carbocycles. The lowest BCUT2D eigenvalue weighted by Gasteiger charge is -2.14. The molecule has 5 rings (SSSR count). The van der Waals surface area contributed by atoms with Gasteiger partial charge in [-0.25, -0.2) is 9.97 Å². The van der Waals surface area contributed by atoms with Gasteiger partial charge in [0.1, 0.15) is 5.82 Å². The van der Waals surface area contributed by atoms with Crippen molar-refractivity contribution in [2.75, 3.05) is 5.32 Å². The van der Waals surface area contributed by atoms with Crippen LogP contribution in [0.1, 0.15) is 24.3 Å². The number of anilines is 2. The molecule has 0 aliphatic heterocycles. The molecule has 0 radical (unpaired) electrons. The first kappa shape index (κ1) is 14.7. The molecule has 4 heteroatoms. The highest BCUT2D eigenvalue weighted by atomic mass is 32.1. The molecule has 0 amide bonds. The number of thiol groups is 1. The van der Waals surface area contributed by atoms with Gasteiger partial charge >= 0.3 is 0 Å². The van der Waals surface area contributed by atoms with E-state index in [2.05, 4.69) is 64.3 Å².